The van der Waals surface area contributed by atoms with Crippen molar-refractivity contribution in [3.05, 3.63) is 29.8 Å². The van der Waals surface area contributed by atoms with Crippen LogP contribution in [0.15, 0.2) is 18.2 Å². The number of halogens is 2. The molecule has 5 heteroatoms. The first-order chi connectivity index (χ1) is 10.8. The molecule has 1 aromatic carbocycles. The third kappa shape index (κ3) is 4.99. The van der Waals surface area contributed by atoms with Gasteiger partial charge in [0.05, 0.1) is 12.2 Å². The zero-order valence-corrected chi connectivity index (χ0v) is 14.1. The fourth-order valence-electron chi connectivity index (χ4n) is 3.42. The van der Waals surface area contributed by atoms with Crippen LogP contribution in [0.3, 0.4) is 0 Å². The molecule has 0 aliphatic heterocycles. The Morgan fingerprint density at radius 2 is 1.91 bits per heavy atom. The molecule has 2 rings (SSSR count). The van der Waals surface area contributed by atoms with Gasteiger partial charge in [-0.05, 0) is 36.3 Å². The zero-order valence-electron chi connectivity index (χ0n) is 14.1. The van der Waals surface area contributed by atoms with Crippen molar-refractivity contribution in [2.45, 2.75) is 52.5 Å². The van der Waals surface area contributed by atoms with Gasteiger partial charge in [-0.1, -0.05) is 33.6 Å². The first kappa shape index (κ1) is 17.9. The number of benzene rings is 1. The maximum absolute atomic E-state index is 13.5. The number of hydrogen-bond donors (Lipinski definition) is 2. The summed E-state index contributed by atoms with van der Waals surface area (Å²) in [4.78, 5) is 12.0. The van der Waals surface area contributed by atoms with Crippen molar-refractivity contribution in [1.82, 2.24) is 5.32 Å². The summed E-state index contributed by atoms with van der Waals surface area (Å²) in [6.45, 7) is 6.82. The van der Waals surface area contributed by atoms with Crippen molar-refractivity contribution in [3.63, 3.8) is 0 Å². The third-order valence-corrected chi connectivity index (χ3v) is 4.61. The molecule has 1 aliphatic rings. The summed E-state index contributed by atoms with van der Waals surface area (Å²) in [5.74, 6) is -1.21. The number of nitrogens with one attached hydrogen (secondary N) is 2. The van der Waals surface area contributed by atoms with Crippen LogP contribution in [0.4, 0.5) is 14.5 Å². The molecule has 0 saturated heterocycles. The minimum absolute atomic E-state index is 0.00853. The molecule has 0 aromatic heterocycles. The Morgan fingerprint density at radius 3 is 2.57 bits per heavy atom. The Kier molecular flexibility index (Phi) is 5.74. The number of carbonyl (C=O) groups excluding carboxylic acids is 1. The van der Waals surface area contributed by atoms with Gasteiger partial charge >= 0.3 is 0 Å². The molecule has 1 fully saturated rings. The van der Waals surface area contributed by atoms with E-state index in [0.717, 1.165) is 25.0 Å². The second kappa shape index (κ2) is 7.39. The molecule has 0 radical (unpaired) electrons. The van der Waals surface area contributed by atoms with Gasteiger partial charge in [0.25, 0.3) is 0 Å². The van der Waals surface area contributed by atoms with Crippen molar-refractivity contribution in [2.75, 3.05) is 11.9 Å². The van der Waals surface area contributed by atoms with Crippen LogP contribution in [0.5, 0.6) is 0 Å². The van der Waals surface area contributed by atoms with Gasteiger partial charge in [0.15, 0.2) is 0 Å². The molecule has 2 atom stereocenters. The van der Waals surface area contributed by atoms with Crippen LogP contribution in [0.1, 0.15) is 46.5 Å². The van der Waals surface area contributed by atoms with Gasteiger partial charge in [-0.3, -0.25) is 4.79 Å². The lowest BCUT2D eigenvalue weighted by Gasteiger charge is -2.40. The lowest BCUT2D eigenvalue weighted by Crippen LogP contribution is -2.46. The minimum Gasteiger partial charge on any atom is -0.322 e. The van der Waals surface area contributed by atoms with E-state index in [0.29, 0.717) is 12.0 Å². The Labute approximate surface area is 136 Å². The Morgan fingerprint density at radius 1 is 1.22 bits per heavy atom. The maximum atomic E-state index is 13.5. The summed E-state index contributed by atoms with van der Waals surface area (Å²) in [6, 6.07) is 3.43. The smallest absolute Gasteiger partial charge is 0.238 e. The lowest BCUT2D eigenvalue weighted by atomic mass is 9.69. The van der Waals surface area contributed by atoms with Crippen LogP contribution in [-0.4, -0.2) is 18.5 Å². The van der Waals surface area contributed by atoms with Gasteiger partial charge in [-0.2, -0.15) is 0 Å². The van der Waals surface area contributed by atoms with Crippen LogP contribution in [0.25, 0.3) is 0 Å². The van der Waals surface area contributed by atoms with Crippen LogP contribution < -0.4 is 10.6 Å². The van der Waals surface area contributed by atoms with Gasteiger partial charge in [0, 0.05) is 12.1 Å². The molecule has 23 heavy (non-hydrogen) atoms. The summed E-state index contributed by atoms with van der Waals surface area (Å²) in [6.07, 6.45) is 4.61. The normalized spacial score (nSPS) is 22.0. The molecule has 0 bridgehead atoms. The Hall–Kier alpha value is -1.49. The maximum Gasteiger partial charge on any atom is 0.238 e. The predicted octanol–water partition coefficient (Wildman–Crippen LogP) is 4.10. The van der Waals surface area contributed by atoms with Gasteiger partial charge in [0.1, 0.15) is 11.6 Å². The van der Waals surface area contributed by atoms with E-state index in [4.69, 9.17) is 0 Å². The van der Waals surface area contributed by atoms with E-state index >= 15 is 0 Å². The van der Waals surface area contributed by atoms with E-state index in [2.05, 4.69) is 31.4 Å². The van der Waals surface area contributed by atoms with Gasteiger partial charge in [-0.15, -0.1) is 0 Å². The summed E-state index contributed by atoms with van der Waals surface area (Å²) >= 11 is 0. The van der Waals surface area contributed by atoms with E-state index in [1.54, 1.807) is 0 Å². The van der Waals surface area contributed by atoms with Crippen molar-refractivity contribution in [1.29, 1.82) is 0 Å². The fourth-order valence-corrected chi connectivity index (χ4v) is 3.42. The molecule has 2 unspecified atom stereocenters. The molecule has 128 valence electrons. The minimum atomic E-state index is -0.761. The summed E-state index contributed by atoms with van der Waals surface area (Å²) in [7, 11) is 0. The highest BCUT2D eigenvalue weighted by Gasteiger charge is 2.33. The van der Waals surface area contributed by atoms with Crippen LogP contribution in [-0.2, 0) is 4.79 Å². The van der Waals surface area contributed by atoms with E-state index in [-0.39, 0.29) is 23.6 Å². The summed E-state index contributed by atoms with van der Waals surface area (Å²) in [5.41, 5.74) is 0.201. The third-order valence-electron chi connectivity index (χ3n) is 4.61. The number of anilines is 1. The first-order valence-corrected chi connectivity index (χ1v) is 8.25. The van der Waals surface area contributed by atoms with Crippen molar-refractivity contribution in [2.24, 2.45) is 11.3 Å². The molecule has 1 saturated carbocycles. The van der Waals surface area contributed by atoms with Gasteiger partial charge < -0.3 is 10.6 Å². The molecule has 0 spiro atoms. The number of carbonyl (C=O) groups is 1. The molecule has 0 heterocycles. The van der Waals surface area contributed by atoms with Crippen molar-refractivity contribution >= 4 is 11.6 Å². The highest BCUT2D eigenvalue weighted by Crippen LogP contribution is 2.37. The molecule has 2 N–H and O–H groups in total. The topological polar surface area (TPSA) is 41.1 Å². The highest BCUT2D eigenvalue weighted by molar-refractivity contribution is 5.92. The average molecular weight is 324 g/mol. The SMILES string of the molecule is CC(C)(C)C1CCCCC1NCC(=O)Nc1ccc(F)cc1F. The predicted molar refractivity (Wildman–Crippen MR) is 88.2 cm³/mol. The summed E-state index contributed by atoms with van der Waals surface area (Å²) in [5, 5.41) is 5.81. The van der Waals surface area contributed by atoms with E-state index in [9.17, 15) is 13.6 Å². The highest BCUT2D eigenvalue weighted by atomic mass is 19.1. The molecule has 1 aliphatic carbocycles. The largest absolute Gasteiger partial charge is 0.322 e. The Balaban J connectivity index is 1.90. The monoisotopic (exact) mass is 324 g/mol. The molecule has 3 nitrogen and oxygen atoms in total. The molecular formula is C18H26F2N2O. The second-order valence-electron chi connectivity index (χ2n) is 7.42. The van der Waals surface area contributed by atoms with E-state index < -0.39 is 11.6 Å². The lowest BCUT2D eigenvalue weighted by molar-refractivity contribution is -0.115. The van der Waals surface area contributed by atoms with Crippen molar-refractivity contribution in [3.8, 4) is 0 Å². The zero-order chi connectivity index (χ0) is 17.0. The van der Waals surface area contributed by atoms with E-state index in [1.165, 1.54) is 18.9 Å². The van der Waals surface area contributed by atoms with Gasteiger partial charge in [-0.25, -0.2) is 8.78 Å². The van der Waals surface area contributed by atoms with Crippen LogP contribution >= 0.6 is 0 Å². The molecule has 1 amide bonds. The van der Waals surface area contributed by atoms with Crippen molar-refractivity contribution < 1.29 is 13.6 Å². The standard InChI is InChI=1S/C18H26F2N2O/c1-18(2,3)13-6-4-5-7-15(13)21-11-17(23)22-16-9-8-12(19)10-14(16)20/h8-10,13,15,21H,4-7,11H2,1-3H3,(H,22,23). The molecule has 1 aromatic rings. The summed E-state index contributed by atoms with van der Waals surface area (Å²) < 4.78 is 26.4. The molecular weight excluding hydrogens is 298 g/mol. The first-order valence-electron chi connectivity index (χ1n) is 8.25. The average Bonchev–Trinajstić information content (AvgIpc) is 2.47. The van der Waals surface area contributed by atoms with Crippen LogP contribution in [0, 0.1) is 23.0 Å². The van der Waals surface area contributed by atoms with Gasteiger partial charge in [0.2, 0.25) is 5.91 Å². The number of rotatable bonds is 4. The fraction of sp³-hybridized carbons (Fsp3) is 0.611. The Bertz CT molecular complexity index is 554. The van der Waals surface area contributed by atoms with E-state index in [1.807, 2.05) is 0 Å². The second-order valence-corrected chi connectivity index (χ2v) is 7.42. The number of amides is 1. The quantitative estimate of drug-likeness (QED) is 0.875. The van der Waals surface area contributed by atoms with Crippen LogP contribution in [0.2, 0.25) is 0 Å². The number of hydrogen-bond acceptors (Lipinski definition) is 2.